The molecule has 1 fully saturated rings. The predicted octanol–water partition coefficient (Wildman–Crippen LogP) is 0.125. The molecule has 2 heterocycles. The highest BCUT2D eigenvalue weighted by Crippen LogP contribution is 2.14. The van der Waals surface area contributed by atoms with Crippen molar-refractivity contribution in [3.05, 3.63) is 18.5 Å². The van der Waals surface area contributed by atoms with Gasteiger partial charge >= 0.3 is 6.03 Å². The molecule has 0 saturated carbocycles. The highest BCUT2D eigenvalue weighted by Gasteiger charge is 2.22. The van der Waals surface area contributed by atoms with Crippen LogP contribution in [0, 0.1) is 0 Å². The first kappa shape index (κ1) is 14.5. The van der Waals surface area contributed by atoms with Crippen LogP contribution >= 0.6 is 0 Å². The number of rotatable bonds is 4. The summed E-state index contributed by atoms with van der Waals surface area (Å²) in [4.78, 5) is 22.2. The van der Waals surface area contributed by atoms with Gasteiger partial charge in [-0.3, -0.25) is 0 Å². The first-order chi connectivity index (χ1) is 9.65. The maximum Gasteiger partial charge on any atom is 0.315 e. The number of hydrogen-bond acceptors (Lipinski definition) is 5. The van der Waals surface area contributed by atoms with Crippen molar-refractivity contribution in [2.75, 3.05) is 24.5 Å². The molecule has 0 aromatic carbocycles. The minimum Gasteiger partial charge on any atom is -0.392 e. The Hall–Kier alpha value is -1.89. The number of anilines is 1. The quantitative estimate of drug-likeness (QED) is 0.728. The zero-order chi connectivity index (χ0) is 14.4. The summed E-state index contributed by atoms with van der Waals surface area (Å²) in [6, 6.07) is 1.61. The van der Waals surface area contributed by atoms with Gasteiger partial charge in [-0.15, -0.1) is 0 Å². The van der Waals surface area contributed by atoms with E-state index in [1.54, 1.807) is 25.4 Å². The normalized spacial score (nSPS) is 20.3. The smallest absolute Gasteiger partial charge is 0.315 e. The van der Waals surface area contributed by atoms with Crippen LogP contribution in [0.3, 0.4) is 0 Å². The summed E-state index contributed by atoms with van der Waals surface area (Å²) in [6.07, 6.45) is 4.82. The highest BCUT2D eigenvalue weighted by molar-refractivity contribution is 5.74. The van der Waals surface area contributed by atoms with Crippen LogP contribution in [0.5, 0.6) is 0 Å². The molecule has 2 amide bonds. The van der Waals surface area contributed by atoms with Crippen LogP contribution in [0.4, 0.5) is 10.7 Å². The summed E-state index contributed by atoms with van der Waals surface area (Å²) in [7, 11) is 0. The van der Waals surface area contributed by atoms with E-state index in [2.05, 4.69) is 25.5 Å². The first-order valence-corrected chi connectivity index (χ1v) is 6.89. The van der Waals surface area contributed by atoms with E-state index >= 15 is 0 Å². The van der Waals surface area contributed by atoms with Crippen LogP contribution in [0.15, 0.2) is 18.5 Å². The number of piperidine rings is 1. The molecule has 20 heavy (non-hydrogen) atoms. The third kappa shape index (κ3) is 4.34. The van der Waals surface area contributed by atoms with Crippen molar-refractivity contribution in [1.29, 1.82) is 0 Å². The van der Waals surface area contributed by atoms with E-state index in [9.17, 15) is 4.79 Å². The number of hydrogen-bond donors (Lipinski definition) is 3. The van der Waals surface area contributed by atoms with E-state index < -0.39 is 6.10 Å². The molecule has 0 spiro atoms. The van der Waals surface area contributed by atoms with E-state index in [0.717, 1.165) is 19.4 Å². The monoisotopic (exact) mass is 279 g/mol. The Kier molecular flexibility index (Phi) is 5.11. The minimum absolute atomic E-state index is 0.0709. The van der Waals surface area contributed by atoms with Gasteiger partial charge in [-0.25, -0.2) is 14.8 Å². The van der Waals surface area contributed by atoms with Gasteiger partial charge in [0, 0.05) is 38.1 Å². The Bertz CT molecular complexity index is 426. The second-order valence-corrected chi connectivity index (χ2v) is 5.04. The Labute approximate surface area is 118 Å². The summed E-state index contributed by atoms with van der Waals surface area (Å²) >= 11 is 0. The molecule has 1 saturated heterocycles. The van der Waals surface area contributed by atoms with Crippen molar-refractivity contribution in [2.24, 2.45) is 0 Å². The van der Waals surface area contributed by atoms with Gasteiger partial charge in [-0.2, -0.15) is 0 Å². The van der Waals surface area contributed by atoms with Crippen molar-refractivity contribution in [1.82, 2.24) is 20.6 Å². The number of aromatic nitrogens is 2. The van der Waals surface area contributed by atoms with Crippen LogP contribution in [-0.4, -0.2) is 52.9 Å². The maximum atomic E-state index is 11.7. The molecule has 110 valence electrons. The largest absolute Gasteiger partial charge is 0.392 e. The molecule has 2 rings (SSSR count). The van der Waals surface area contributed by atoms with Gasteiger partial charge in [-0.1, -0.05) is 0 Å². The lowest BCUT2D eigenvalue weighted by Crippen LogP contribution is -2.51. The van der Waals surface area contributed by atoms with E-state index in [-0.39, 0.29) is 18.6 Å². The number of aliphatic hydroxyl groups is 1. The molecule has 0 unspecified atom stereocenters. The van der Waals surface area contributed by atoms with Crippen LogP contribution in [0.1, 0.15) is 19.8 Å². The topological polar surface area (TPSA) is 90.4 Å². The molecule has 1 aliphatic rings. The van der Waals surface area contributed by atoms with Crippen molar-refractivity contribution in [2.45, 2.75) is 31.9 Å². The summed E-state index contributed by atoms with van der Waals surface area (Å²) in [6.45, 7) is 3.49. The van der Waals surface area contributed by atoms with Gasteiger partial charge in [0.05, 0.1) is 6.10 Å². The number of aliphatic hydroxyl groups excluding tert-OH is 1. The fourth-order valence-corrected chi connectivity index (χ4v) is 2.21. The molecule has 1 aromatic rings. The van der Waals surface area contributed by atoms with Crippen LogP contribution in [0.2, 0.25) is 0 Å². The zero-order valence-electron chi connectivity index (χ0n) is 11.6. The Morgan fingerprint density at radius 2 is 2.30 bits per heavy atom. The summed E-state index contributed by atoms with van der Waals surface area (Å²) in [5, 5.41) is 14.7. The lowest BCUT2D eigenvalue weighted by molar-refractivity contribution is 0.186. The SMILES string of the molecule is C[C@H](O)CNC(=O)N[C@@H]1CCCN(c2ncccn2)C1. The molecule has 0 aliphatic carbocycles. The number of urea groups is 1. The van der Waals surface area contributed by atoms with E-state index in [0.29, 0.717) is 12.5 Å². The molecular weight excluding hydrogens is 258 g/mol. The zero-order valence-corrected chi connectivity index (χ0v) is 11.6. The lowest BCUT2D eigenvalue weighted by Gasteiger charge is -2.33. The number of carbonyl (C=O) groups excluding carboxylic acids is 1. The van der Waals surface area contributed by atoms with Gasteiger partial charge in [0.25, 0.3) is 0 Å². The molecule has 7 heteroatoms. The van der Waals surface area contributed by atoms with Crippen LogP contribution in [-0.2, 0) is 0 Å². The summed E-state index contributed by atoms with van der Waals surface area (Å²) in [5.74, 6) is 0.698. The molecule has 2 atom stereocenters. The summed E-state index contributed by atoms with van der Waals surface area (Å²) in [5.41, 5.74) is 0. The van der Waals surface area contributed by atoms with E-state index in [1.807, 2.05) is 0 Å². The van der Waals surface area contributed by atoms with Crippen molar-refractivity contribution < 1.29 is 9.90 Å². The number of amides is 2. The van der Waals surface area contributed by atoms with Crippen molar-refractivity contribution >= 4 is 12.0 Å². The van der Waals surface area contributed by atoms with E-state index in [1.165, 1.54) is 0 Å². The van der Waals surface area contributed by atoms with Crippen molar-refractivity contribution in [3.8, 4) is 0 Å². The minimum atomic E-state index is -0.540. The fraction of sp³-hybridized carbons (Fsp3) is 0.615. The average molecular weight is 279 g/mol. The molecular formula is C13H21N5O2. The predicted molar refractivity (Wildman–Crippen MR) is 75.5 cm³/mol. The van der Waals surface area contributed by atoms with Crippen LogP contribution in [0.25, 0.3) is 0 Å². The average Bonchev–Trinajstić information content (AvgIpc) is 2.46. The lowest BCUT2D eigenvalue weighted by atomic mass is 10.1. The van der Waals surface area contributed by atoms with Gasteiger partial charge in [-0.05, 0) is 25.8 Å². The van der Waals surface area contributed by atoms with Gasteiger partial charge in [0.15, 0.2) is 0 Å². The van der Waals surface area contributed by atoms with Gasteiger partial charge < -0.3 is 20.6 Å². The number of carbonyl (C=O) groups is 1. The second-order valence-electron chi connectivity index (χ2n) is 5.04. The second kappa shape index (κ2) is 7.04. The third-order valence-corrected chi connectivity index (χ3v) is 3.15. The molecule has 0 radical (unpaired) electrons. The van der Waals surface area contributed by atoms with Crippen molar-refractivity contribution in [3.63, 3.8) is 0 Å². The fourth-order valence-electron chi connectivity index (χ4n) is 2.21. The third-order valence-electron chi connectivity index (χ3n) is 3.15. The van der Waals surface area contributed by atoms with Gasteiger partial charge in [0.1, 0.15) is 0 Å². The standard InChI is InChI=1S/C13H21N5O2/c1-10(19)8-16-13(20)17-11-4-2-7-18(9-11)12-14-5-3-6-15-12/h3,5-6,10-11,19H,2,4,7-9H2,1H3,(H2,16,17,20)/t10-,11+/m0/s1. The maximum absolute atomic E-state index is 11.7. The Morgan fingerprint density at radius 1 is 1.55 bits per heavy atom. The summed E-state index contributed by atoms with van der Waals surface area (Å²) < 4.78 is 0. The number of nitrogens with zero attached hydrogens (tertiary/aromatic N) is 3. The van der Waals surface area contributed by atoms with Crippen LogP contribution < -0.4 is 15.5 Å². The molecule has 1 aliphatic heterocycles. The molecule has 0 bridgehead atoms. The van der Waals surface area contributed by atoms with E-state index in [4.69, 9.17) is 5.11 Å². The number of nitrogens with one attached hydrogen (secondary N) is 2. The molecule has 3 N–H and O–H groups in total. The highest BCUT2D eigenvalue weighted by atomic mass is 16.3. The Morgan fingerprint density at radius 3 is 3.00 bits per heavy atom. The van der Waals surface area contributed by atoms with Gasteiger partial charge in [0.2, 0.25) is 5.95 Å². The Balaban J connectivity index is 1.83. The molecule has 1 aromatic heterocycles. The first-order valence-electron chi connectivity index (χ1n) is 6.89. The molecule has 7 nitrogen and oxygen atoms in total.